The number of ether oxygens (including phenoxy) is 2. The summed E-state index contributed by atoms with van der Waals surface area (Å²) in [6.45, 7) is 9.83. The molecule has 0 aliphatic heterocycles. The van der Waals surface area contributed by atoms with Crippen molar-refractivity contribution in [1.29, 1.82) is 0 Å². The maximum atomic E-state index is 6.01. The van der Waals surface area contributed by atoms with E-state index < -0.39 is 0 Å². The van der Waals surface area contributed by atoms with Crippen molar-refractivity contribution in [3.05, 3.63) is 23.8 Å². The molecule has 0 heterocycles. The Morgan fingerprint density at radius 2 is 1.80 bits per heavy atom. The summed E-state index contributed by atoms with van der Waals surface area (Å²) in [5.74, 6) is 2.22. The highest BCUT2D eigenvalue weighted by Gasteiger charge is 2.10. The minimum absolute atomic E-state index is 0.205. The zero-order valence-electron chi connectivity index (χ0n) is 13.3. The predicted molar refractivity (Wildman–Crippen MR) is 84.5 cm³/mol. The molecule has 0 saturated heterocycles. The van der Waals surface area contributed by atoms with E-state index in [0.29, 0.717) is 12.5 Å². The van der Waals surface area contributed by atoms with Crippen LogP contribution in [0.15, 0.2) is 18.2 Å². The Morgan fingerprint density at radius 1 is 1.05 bits per heavy atom. The zero-order chi connectivity index (χ0) is 15.0. The summed E-state index contributed by atoms with van der Waals surface area (Å²) in [7, 11) is 0. The standard InChI is InChI=1S/C17H29NO2/c1-5-13(4)12-20-16-9-8-14(10-15(18)6-2)11-17(16)19-7-3/h8-9,11,13,15H,5-7,10,12,18H2,1-4H3. The molecule has 3 heteroatoms. The Bertz CT molecular complexity index is 393. The van der Waals surface area contributed by atoms with Crippen LogP contribution in [0, 0.1) is 5.92 Å². The van der Waals surface area contributed by atoms with E-state index in [0.717, 1.165) is 37.4 Å². The van der Waals surface area contributed by atoms with Crippen molar-refractivity contribution in [3.8, 4) is 11.5 Å². The highest BCUT2D eigenvalue weighted by Crippen LogP contribution is 2.29. The first-order valence-corrected chi connectivity index (χ1v) is 7.74. The minimum atomic E-state index is 0.205. The van der Waals surface area contributed by atoms with Crippen LogP contribution in [0.3, 0.4) is 0 Å². The fourth-order valence-electron chi connectivity index (χ4n) is 1.86. The van der Waals surface area contributed by atoms with Crippen molar-refractivity contribution in [2.75, 3.05) is 13.2 Å². The van der Waals surface area contributed by atoms with Gasteiger partial charge < -0.3 is 15.2 Å². The van der Waals surface area contributed by atoms with Gasteiger partial charge in [-0.1, -0.05) is 33.3 Å². The lowest BCUT2D eigenvalue weighted by atomic mass is 10.0. The number of nitrogens with two attached hydrogens (primary N) is 1. The molecule has 0 fully saturated rings. The van der Waals surface area contributed by atoms with E-state index in [9.17, 15) is 0 Å². The van der Waals surface area contributed by atoms with Crippen LogP contribution in [-0.2, 0) is 6.42 Å². The van der Waals surface area contributed by atoms with Gasteiger partial charge in [-0.2, -0.15) is 0 Å². The molecule has 0 radical (unpaired) electrons. The molecule has 3 nitrogen and oxygen atoms in total. The lowest BCUT2D eigenvalue weighted by molar-refractivity contribution is 0.237. The van der Waals surface area contributed by atoms with Gasteiger partial charge in [0.2, 0.25) is 0 Å². The molecule has 1 aromatic rings. The first kappa shape index (κ1) is 16.8. The van der Waals surface area contributed by atoms with E-state index in [1.54, 1.807) is 0 Å². The molecule has 0 aromatic heterocycles. The summed E-state index contributed by atoms with van der Waals surface area (Å²) in [5, 5.41) is 0. The average Bonchev–Trinajstić information content (AvgIpc) is 2.46. The summed E-state index contributed by atoms with van der Waals surface area (Å²) in [5.41, 5.74) is 7.22. The topological polar surface area (TPSA) is 44.5 Å². The van der Waals surface area contributed by atoms with Gasteiger partial charge in [-0.15, -0.1) is 0 Å². The van der Waals surface area contributed by atoms with Crippen LogP contribution in [0.4, 0.5) is 0 Å². The van der Waals surface area contributed by atoms with Crippen LogP contribution >= 0.6 is 0 Å². The molecular weight excluding hydrogens is 250 g/mol. The van der Waals surface area contributed by atoms with Crippen molar-refractivity contribution in [1.82, 2.24) is 0 Å². The first-order valence-electron chi connectivity index (χ1n) is 7.74. The molecule has 0 aliphatic rings. The van der Waals surface area contributed by atoms with Crippen molar-refractivity contribution in [2.45, 2.75) is 53.0 Å². The van der Waals surface area contributed by atoms with Gasteiger partial charge in [0.05, 0.1) is 13.2 Å². The van der Waals surface area contributed by atoms with E-state index in [4.69, 9.17) is 15.2 Å². The second-order valence-electron chi connectivity index (χ2n) is 5.41. The van der Waals surface area contributed by atoms with E-state index in [-0.39, 0.29) is 6.04 Å². The SMILES string of the molecule is CCOc1cc(CC(N)CC)ccc1OCC(C)CC. The third-order valence-corrected chi connectivity index (χ3v) is 3.55. The molecule has 2 unspecified atom stereocenters. The molecule has 0 spiro atoms. The van der Waals surface area contributed by atoms with Gasteiger partial charge in [0.25, 0.3) is 0 Å². The van der Waals surface area contributed by atoms with Crippen LogP contribution in [-0.4, -0.2) is 19.3 Å². The van der Waals surface area contributed by atoms with E-state index >= 15 is 0 Å². The molecule has 20 heavy (non-hydrogen) atoms. The van der Waals surface area contributed by atoms with Gasteiger partial charge in [0, 0.05) is 6.04 Å². The fourth-order valence-corrected chi connectivity index (χ4v) is 1.86. The predicted octanol–water partition coefficient (Wildman–Crippen LogP) is 3.79. The zero-order valence-corrected chi connectivity index (χ0v) is 13.3. The normalized spacial score (nSPS) is 13.8. The van der Waals surface area contributed by atoms with Gasteiger partial charge in [-0.3, -0.25) is 0 Å². The smallest absolute Gasteiger partial charge is 0.161 e. The van der Waals surface area contributed by atoms with Crippen LogP contribution in [0.5, 0.6) is 11.5 Å². The average molecular weight is 279 g/mol. The second kappa shape index (κ2) is 8.85. The lowest BCUT2D eigenvalue weighted by Gasteiger charge is -2.16. The fraction of sp³-hybridized carbons (Fsp3) is 0.647. The highest BCUT2D eigenvalue weighted by molar-refractivity contribution is 5.43. The molecule has 114 valence electrons. The van der Waals surface area contributed by atoms with Crippen LogP contribution in [0.2, 0.25) is 0 Å². The van der Waals surface area contributed by atoms with E-state index in [1.165, 1.54) is 5.56 Å². The summed E-state index contributed by atoms with van der Waals surface area (Å²) >= 11 is 0. The summed E-state index contributed by atoms with van der Waals surface area (Å²) in [6, 6.07) is 6.36. The maximum Gasteiger partial charge on any atom is 0.161 e. The first-order chi connectivity index (χ1) is 9.60. The van der Waals surface area contributed by atoms with Crippen LogP contribution in [0.25, 0.3) is 0 Å². The highest BCUT2D eigenvalue weighted by atomic mass is 16.5. The van der Waals surface area contributed by atoms with Gasteiger partial charge in [-0.05, 0) is 43.4 Å². The Morgan fingerprint density at radius 3 is 2.40 bits per heavy atom. The molecule has 0 bridgehead atoms. The third kappa shape index (κ3) is 5.41. The monoisotopic (exact) mass is 279 g/mol. The van der Waals surface area contributed by atoms with E-state index in [2.05, 4.69) is 32.9 Å². The Balaban J connectivity index is 2.78. The van der Waals surface area contributed by atoms with Crippen molar-refractivity contribution in [2.24, 2.45) is 11.7 Å². The Labute approximate surface area is 123 Å². The maximum absolute atomic E-state index is 6.01. The molecule has 2 N–H and O–H groups in total. The summed E-state index contributed by atoms with van der Waals surface area (Å²) in [4.78, 5) is 0. The Kier molecular flexibility index (Phi) is 7.45. The molecule has 1 rings (SSSR count). The molecule has 1 aromatic carbocycles. The van der Waals surface area contributed by atoms with Gasteiger partial charge in [0.15, 0.2) is 11.5 Å². The summed E-state index contributed by atoms with van der Waals surface area (Å²) in [6.07, 6.45) is 2.98. The molecular formula is C17H29NO2. The number of hydrogen-bond acceptors (Lipinski definition) is 3. The molecule has 0 aliphatic carbocycles. The third-order valence-electron chi connectivity index (χ3n) is 3.55. The molecule has 0 saturated carbocycles. The molecule has 2 atom stereocenters. The second-order valence-corrected chi connectivity index (χ2v) is 5.41. The van der Waals surface area contributed by atoms with Crippen molar-refractivity contribution < 1.29 is 9.47 Å². The Hall–Kier alpha value is -1.22. The molecule has 0 amide bonds. The van der Waals surface area contributed by atoms with Crippen LogP contribution < -0.4 is 15.2 Å². The van der Waals surface area contributed by atoms with Crippen LogP contribution in [0.1, 0.15) is 46.1 Å². The van der Waals surface area contributed by atoms with Gasteiger partial charge in [0.1, 0.15) is 0 Å². The van der Waals surface area contributed by atoms with E-state index in [1.807, 2.05) is 13.0 Å². The number of hydrogen-bond donors (Lipinski definition) is 1. The number of benzene rings is 1. The van der Waals surface area contributed by atoms with Gasteiger partial charge >= 0.3 is 0 Å². The number of rotatable bonds is 9. The minimum Gasteiger partial charge on any atom is -0.490 e. The lowest BCUT2D eigenvalue weighted by Crippen LogP contribution is -2.21. The quantitative estimate of drug-likeness (QED) is 0.748. The van der Waals surface area contributed by atoms with Crippen molar-refractivity contribution in [3.63, 3.8) is 0 Å². The largest absolute Gasteiger partial charge is 0.490 e. The van der Waals surface area contributed by atoms with Crippen molar-refractivity contribution >= 4 is 0 Å². The van der Waals surface area contributed by atoms with Gasteiger partial charge in [-0.25, -0.2) is 0 Å². The summed E-state index contributed by atoms with van der Waals surface area (Å²) < 4.78 is 11.6.